The van der Waals surface area contributed by atoms with Crippen molar-refractivity contribution in [3.8, 4) is 5.75 Å². The summed E-state index contributed by atoms with van der Waals surface area (Å²) in [5, 5.41) is 12.0. The van der Waals surface area contributed by atoms with E-state index in [2.05, 4.69) is 15.5 Å². The highest BCUT2D eigenvalue weighted by atomic mass is 35.5. The van der Waals surface area contributed by atoms with Gasteiger partial charge in [-0.1, -0.05) is 29.3 Å². The molecule has 0 saturated carbocycles. The molecule has 1 N–H and O–H groups in total. The number of carbonyl (C=O) groups excluding carboxylic acids is 1. The Balaban J connectivity index is 1.47. The van der Waals surface area contributed by atoms with Gasteiger partial charge in [0, 0.05) is 31.7 Å². The van der Waals surface area contributed by atoms with Crippen LogP contribution in [0.1, 0.15) is 16.9 Å². The number of halogens is 2. The Bertz CT molecular complexity index is 844. The molecule has 26 heavy (non-hydrogen) atoms. The number of hydrogen-bond acceptors (Lipinski definition) is 4. The maximum absolute atomic E-state index is 12.1. The Kier molecular flexibility index (Phi) is 6.14. The molecule has 0 spiro atoms. The van der Waals surface area contributed by atoms with Crippen molar-refractivity contribution in [2.75, 3.05) is 6.54 Å². The Morgan fingerprint density at radius 1 is 1.12 bits per heavy atom. The van der Waals surface area contributed by atoms with E-state index in [4.69, 9.17) is 27.9 Å². The molecule has 2 aromatic heterocycles. The minimum atomic E-state index is -0.236. The number of hydrogen-bond donors (Lipinski definition) is 1. The standard InChI is InChI=1S/C17H17Cl2N5O2/c18-13-4-1-5-14(19)16(13)26-12-24-11-6-15(22-24)17(25)20-7-2-9-23-10-3-8-21-23/h1,3-6,8,10-11H,2,7,9,12H2,(H,20,25). The van der Waals surface area contributed by atoms with Gasteiger partial charge >= 0.3 is 0 Å². The minimum absolute atomic E-state index is 0.0933. The van der Waals surface area contributed by atoms with Gasteiger partial charge < -0.3 is 10.1 Å². The molecule has 7 nitrogen and oxygen atoms in total. The van der Waals surface area contributed by atoms with Crippen LogP contribution in [0.25, 0.3) is 0 Å². The quantitative estimate of drug-likeness (QED) is 0.596. The molecule has 0 aliphatic carbocycles. The van der Waals surface area contributed by atoms with Crippen LogP contribution in [0.2, 0.25) is 10.0 Å². The first kappa shape index (κ1) is 18.3. The third-order valence-electron chi connectivity index (χ3n) is 3.54. The summed E-state index contributed by atoms with van der Waals surface area (Å²) in [6, 6.07) is 8.60. The molecule has 3 aromatic rings. The van der Waals surface area contributed by atoms with Crippen molar-refractivity contribution in [3.63, 3.8) is 0 Å². The lowest BCUT2D eigenvalue weighted by molar-refractivity contribution is 0.0945. The van der Waals surface area contributed by atoms with Crippen LogP contribution in [0.4, 0.5) is 0 Å². The summed E-state index contributed by atoms with van der Waals surface area (Å²) in [5.74, 6) is 0.149. The van der Waals surface area contributed by atoms with Crippen molar-refractivity contribution in [1.29, 1.82) is 0 Å². The van der Waals surface area contributed by atoms with Gasteiger partial charge in [-0.05, 0) is 30.7 Å². The number of benzene rings is 1. The summed E-state index contributed by atoms with van der Waals surface area (Å²) < 4.78 is 8.90. The lowest BCUT2D eigenvalue weighted by Gasteiger charge is -2.09. The van der Waals surface area contributed by atoms with E-state index >= 15 is 0 Å². The molecule has 0 bridgehead atoms. The number of rotatable bonds is 8. The highest BCUT2D eigenvalue weighted by Crippen LogP contribution is 2.32. The lowest BCUT2D eigenvalue weighted by atomic mass is 10.3. The van der Waals surface area contributed by atoms with E-state index in [1.54, 1.807) is 36.7 Å². The molecule has 136 valence electrons. The van der Waals surface area contributed by atoms with E-state index in [0.29, 0.717) is 28.0 Å². The fourth-order valence-electron chi connectivity index (χ4n) is 2.27. The summed E-state index contributed by atoms with van der Waals surface area (Å²) in [6.07, 6.45) is 6.05. The number of amides is 1. The smallest absolute Gasteiger partial charge is 0.271 e. The number of carbonyl (C=O) groups is 1. The molecule has 0 aliphatic heterocycles. The van der Waals surface area contributed by atoms with Crippen LogP contribution in [-0.2, 0) is 13.3 Å². The highest BCUT2D eigenvalue weighted by Gasteiger charge is 2.10. The Morgan fingerprint density at radius 3 is 2.65 bits per heavy atom. The predicted octanol–water partition coefficient (Wildman–Crippen LogP) is 3.24. The zero-order valence-electron chi connectivity index (χ0n) is 13.8. The van der Waals surface area contributed by atoms with Gasteiger partial charge in [0.05, 0.1) is 10.0 Å². The fourth-order valence-corrected chi connectivity index (χ4v) is 2.78. The topological polar surface area (TPSA) is 74.0 Å². The summed E-state index contributed by atoms with van der Waals surface area (Å²) in [4.78, 5) is 12.1. The third-order valence-corrected chi connectivity index (χ3v) is 4.14. The normalized spacial score (nSPS) is 10.7. The van der Waals surface area contributed by atoms with E-state index in [9.17, 15) is 4.79 Å². The SMILES string of the molecule is O=C(NCCCn1cccn1)c1ccn(COc2c(Cl)cccc2Cl)n1. The molecule has 2 heterocycles. The van der Waals surface area contributed by atoms with Crippen LogP contribution in [0, 0.1) is 0 Å². The van der Waals surface area contributed by atoms with Crippen LogP contribution >= 0.6 is 23.2 Å². The van der Waals surface area contributed by atoms with E-state index in [-0.39, 0.29) is 12.6 Å². The summed E-state index contributed by atoms with van der Waals surface area (Å²) in [5.41, 5.74) is 0.318. The first-order valence-electron chi connectivity index (χ1n) is 7.99. The van der Waals surface area contributed by atoms with E-state index < -0.39 is 0 Å². The number of aryl methyl sites for hydroxylation is 1. The number of para-hydroxylation sites is 1. The van der Waals surface area contributed by atoms with E-state index in [1.165, 1.54) is 4.68 Å². The molecule has 1 amide bonds. The van der Waals surface area contributed by atoms with Crippen molar-refractivity contribution in [2.45, 2.75) is 19.7 Å². The largest absolute Gasteiger partial charge is 0.468 e. The van der Waals surface area contributed by atoms with Crippen molar-refractivity contribution in [3.05, 3.63) is 64.7 Å². The number of ether oxygens (including phenoxy) is 1. The molecule has 9 heteroatoms. The molecule has 0 aliphatic rings. The monoisotopic (exact) mass is 393 g/mol. The number of nitrogens with zero attached hydrogens (tertiary/aromatic N) is 4. The van der Waals surface area contributed by atoms with E-state index in [1.807, 2.05) is 16.9 Å². The van der Waals surface area contributed by atoms with Gasteiger partial charge in [0.2, 0.25) is 0 Å². The van der Waals surface area contributed by atoms with Crippen LogP contribution < -0.4 is 10.1 Å². The highest BCUT2D eigenvalue weighted by molar-refractivity contribution is 6.37. The Morgan fingerprint density at radius 2 is 1.92 bits per heavy atom. The van der Waals surface area contributed by atoms with Gasteiger partial charge in [-0.2, -0.15) is 10.2 Å². The second-order valence-electron chi connectivity index (χ2n) is 5.44. The Labute approximate surface area is 160 Å². The summed E-state index contributed by atoms with van der Waals surface area (Å²) in [7, 11) is 0. The molecule has 1 aromatic carbocycles. The molecular formula is C17H17Cl2N5O2. The molecule has 3 rings (SSSR count). The first-order valence-corrected chi connectivity index (χ1v) is 8.75. The van der Waals surface area contributed by atoms with Crippen LogP contribution in [0.5, 0.6) is 5.75 Å². The van der Waals surface area contributed by atoms with Crippen molar-refractivity contribution in [2.24, 2.45) is 0 Å². The van der Waals surface area contributed by atoms with Crippen molar-refractivity contribution >= 4 is 29.1 Å². The average Bonchev–Trinajstić information content (AvgIpc) is 3.30. The van der Waals surface area contributed by atoms with Crippen molar-refractivity contribution in [1.82, 2.24) is 24.9 Å². The lowest BCUT2D eigenvalue weighted by Crippen LogP contribution is -2.26. The Hall–Kier alpha value is -2.51. The first-order chi connectivity index (χ1) is 12.6. The van der Waals surface area contributed by atoms with Crippen LogP contribution in [0.15, 0.2) is 48.9 Å². The van der Waals surface area contributed by atoms with E-state index in [0.717, 1.165) is 13.0 Å². The molecule has 0 unspecified atom stereocenters. The number of aromatic nitrogens is 4. The average molecular weight is 394 g/mol. The van der Waals surface area contributed by atoms with Gasteiger partial charge in [0.1, 0.15) is 5.69 Å². The van der Waals surface area contributed by atoms with Gasteiger partial charge in [0.25, 0.3) is 5.91 Å². The van der Waals surface area contributed by atoms with Crippen molar-refractivity contribution < 1.29 is 9.53 Å². The third kappa shape index (κ3) is 4.77. The summed E-state index contributed by atoms with van der Waals surface area (Å²) in [6.45, 7) is 1.38. The molecule has 0 radical (unpaired) electrons. The van der Waals surface area contributed by atoms with Gasteiger partial charge in [-0.15, -0.1) is 0 Å². The van der Waals surface area contributed by atoms with Gasteiger partial charge in [-0.3, -0.25) is 9.48 Å². The molecule has 0 atom stereocenters. The van der Waals surface area contributed by atoms with Crippen LogP contribution in [0.3, 0.4) is 0 Å². The maximum atomic E-state index is 12.1. The molecular weight excluding hydrogens is 377 g/mol. The van der Waals surface area contributed by atoms with Gasteiger partial charge in [0.15, 0.2) is 12.5 Å². The number of nitrogens with one attached hydrogen (secondary N) is 1. The summed E-state index contributed by atoms with van der Waals surface area (Å²) >= 11 is 12.1. The second kappa shape index (κ2) is 8.73. The zero-order chi connectivity index (χ0) is 18.4. The fraction of sp³-hybridized carbons (Fsp3) is 0.235. The molecule has 0 fully saturated rings. The maximum Gasteiger partial charge on any atom is 0.271 e. The predicted molar refractivity (Wildman–Crippen MR) is 98.5 cm³/mol. The van der Waals surface area contributed by atoms with Gasteiger partial charge in [-0.25, -0.2) is 4.68 Å². The zero-order valence-corrected chi connectivity index (χ0v) is 15.3. The molecule has 0 saturated heterocycles. The second-order valence-corrected chi connectivity index (χ2v) is 6.26. The minimum Gasteiger partial charge on any atom is -0.468 e. The van der Waals surface area contributed by atoms with Crippen LogP contribution in [-0.4, -0.2) is 32.0 Å².